The van der Waals surface area contributed by atoms with Crippen LogP contribution in [0.1, 0.15) is 25.7 Å². The molecule has 0 aliphatic heterocycles. The van der Waals surface area contributed by atoms with E-state index >= 15 is 0 Å². The van der Waals surface area contributed by atoms with E-state index in [4.69, 9.17) is 44.3 Å². The largest absolute Gasteiger partial charge is 0.254 e. The third-order valence-electron chi connectivity index (χ3n) is 4.37. The number of rotatable bonds is 2. The van der Waals surface area contributed by atoms with Crippen LogP contribution in [0.2, 0.25) is 23.7 Å². The normalized spacial score (nSPS) is 41.2. The molecule has 2 fully saturated rings. The Kier molecular flexibility index (Phi) is 3.30. The molecule has 2 rings (SSSR count). The molecule has 2 aliphatic rings. The molecule has 15 heavy (non-hydrogen) atoms. The summed E-state index contributed by atoms with van der Waals surface area (Å²) in [5.74, 6) is 0.781. The van der Waals surface area contributed by atoms with Gasteiger partial charge >= 0.3 is 0 Å². The molecule has 3 unspecified atom stereocenters. The van der Waals surface area contributed by atoms with Crippen LogP contribution in [-0.4, -0.2) is 13.4 Å². The van der Waals surface area contributed by atoms with Crippen LogP contribution in [0.4, 0.5) is 0 Å². The Morgan fingerprint density at radius 1 is 1.13 bits per heavy atom. The SMILES string of the molecule is C[Si](Cl)(Cl)C1CC2CCC1([Si](C)(Cl)Cl)C2. The van der Waals surface area contributed by atoms with E-state index in [0.29, 0.717) is 5.54 Å². The molecule has 0 aromatic carbocycles. The monoisotopic (exact) mass is 320 g/mol. The van der Waals surface area contributed by atoms with E-state index in [1.807, 2.05) is 13.1 Å². The fourth-order valence-electron chi connectivity index (χ4n) is 3.65. The highest BCUT2D eigenvalue weighted by atomic mass is 35.7. The van der Waals surface area contributed by atoms with Crippen LogP contribution < -0.4 is 0 Å². The Labute approximate surface area is 112 Å². The van der Waals surface area contributed by atoms with Crippen molar-refractivity contribution in [1.82, 2.24) is 0 Å². The van der Waals surface area contributed by atoms with Gasteiger partial charge in [0.25, 0.3) is 13.4 Å². The van der Waals surface area contributed by atoms with Crippen LogP contribution in [0.25, 0.3) is 0 Å². The third-order valence-corrected chi connectivity index (χ3v) is 13.1. The van der Waals surface area contributed by atoms with Gasteiger partial charge in [0.05, 0.1) is 0 Å². The van der Waals surface area contributed by atoms with Crippen LogP contribution in [0, 0.1) is 5.92 Å². The molecule has 0 N–H and O–H groups in total. The zero-order valence-electron chi connectivity index (χ0n) is 8.99. The van der Waals surface area contributed by atoms with Gasteiger partial charge in [0.1, 0.15) is 0 Å². The molecule has 0 amide bonds. The minimum atomic E-state index is -2.20. The molecule has 2 bridgehead atoms. The lowest BCUT2D eigenvalue weighted by Crippen LogP contribution is -2.42. The van der Waals surface area contributed by atoms with E-state index in [0.717, 1.165) is 18.8 Å². The van der Waals surface area contributed by atoms with Crippen LogP contribution in [0.3, 0.4) is 0 Å². The highest BCUT2D eigenvalue weighted by molar-refractivity contribution is 7.49. The first kappa shape index (κ1) is 13.0. The molecule has 6 heteroatoms. The Hall–Kier alpha value is 1.59. The second-order valence-electron chi connectivity index (χ2n) is 5.40. The standard InChI is InChI=1S/C9H16Cl4Si2/c1-14(10,11)8-5-7-3-4-9(8,6-7)15(2,12)13/h7-8H,3-6H2,1-2H3. The molecule has 2 aliphatic carbocycles. The molecule has 0 aromatic heterocycles. The lowest BCUT2D eigenvalue weighted by atomic mass is 9.99. The number of fused-ring (bicyclic) bond motifs is 2. The maximum absolute atomic E-state index is 6.53. The first-order chi connectivity index (χ1) is 6.67. The Morgan fingerprint density at radius 2 is 1.73 bits per heavy atom. The van der Waals surface area contributed by atoms with Crippen LogP contribution in [0.15, 0.2) is 0 Å². The third kappa shape index (κ3) is 2.04. The van der Waals surface area contributed by atoms with Crippen molar-refractivity contribution >= 4 is 57.7 Å². The van der Waals surface area contributed by atoms with Gasteiger partial charge in [0.15, 0.2) is 0 Å². The van der Waals surface area contributed by atoms with Gasteiger partial charge in [-0.3, -0.25) is 0 Å². The lowest BCUT2D eigenvalue weighted by Gasteiger charge is -2.43. The predicted molar refractivity (Wildman–Crippen MR) is 75.0 cm³/mol. The van der Waals surface area contributed by atoms with E-state index in [1.54, 1.807) is 0 Å². The summed E-state index contributed by atoms with van der Waals surface area (Å²) in [5.41, 5.74) is 0.416. The summed E-state index contributed by atoms with van der Waals surface area (Å²) < 4.78 is 0. The minimum Gasteiger partial charge on any atom is -0.146 e. The molecule has 88 valence electrons. The van der Waals surface area contributed by atoms with Crippen molar-refractivity contribution in [3.05, 3.63) is 0 Å². The molecule has 0 heterocycles. The molecule has 3 atom stereocenters. The van der Waals surface area contributed by atoms with Crippen molar-refractivity contribution < 1.29 is 0 Å². The summed E-state index contributed by atoms with van der Waals surface area (Å²) in [6.45, 7) is -0.274. The maximum atomic E-state index is 6.53. The summed E-state index contributed by atoms with van der Waals surface area (Å²) in [7, 11) is 0. The highest BCUT2D eigenvalue weighted by Crippen LogP contribution is 2.74. The minimum absolute atomic E-state index is 0.116. The zero-order valence-corrected chi connectivity index (χ0v) is 14.0. The number of hydrogen-bond acceptors (Lipinski definition) is 0. The Morgan fingerprint density at radius 3 is 2.07 bits per heavy atom. The predicted octanol–water partition coefficient (Wildman–Crippen LogP) is 5.40. The smallest absolute Gasteiger partial charge is 0.146 e. The number of halogens is 4. The molecule has 0 spiro atoms. The summed E-state index contributed by atoms with van der Waals surface area (Å²) in [6, 6.07) is 0. The van der Waals surface area contributed by atoms with Crippen LogP contribution >= 0.6 is 44.3 Å². The Balaban J connectivity index is 2.36. The van der Waals surface area contributed by atoms with E-state index in [1.165, 1.54) is 12.8 Å². The van der Waals surface area contributed by atoms with Gasteiger partial charge in [0.2, 0.25) is 0 Å². The fourth-order valence-corrected chi connectivity index (χ4v) is 14.0. The second kappa shape index (κ2) is 3.79. The van der Waals surface area contributed by atoms with Crippen LogP contribution in [0.5, 0.6) is 0 Å². The van der Waals surface area contributed by atoms with Crippen molar-refractivity contribution in [2.75, 3.05) is 0 Å². The van der Waals surface area contributed by atoms with E-state index in [9.17, 15) is 0 Å². The number of hydrogen-bond donors (Lipinski definition) is 0. The van der Waals surface area contributed by atoms with Gasteiger partial charge < -0.3 is 0 Å². The first-order valence-corrected chi connectivity index (χ1v) is 14.5. The molecule has 0 nitrogen and oxygen atoms in total. The van der Waals surface area contributed by atoms with Gasteiger partial charge in [-0.25, -0.2) is 0 Å². The van der Waals surface area contributed by atoms with E-state index in [-0.39, 0.29) is 5.04 Å². The van der Waals surface area contributed by atoms with Gasteiger partial charge in [-0.15, -0.1) is 44.3 Å². The van der Waals surface area contributed by atoms with Crippen LogP contribution in [-0.2, 0) is 0 Å². The van der Waals surface area contributed by atoms with Gasteiger partial charge in [0, 0.05) is 0 Å². The average Bonchev–Trinajstić information content (AvgIpc) is 2.57. The van der Waals surface area contributed by atoms with Gasteiger partial charge in [-0.05, 0) is 48.9 Å². The summed E-state index contributed by atoms with van der Waals surface area (Å²) >= 11 is 25.9. The summed E-state index contributed by atoms with van der Waals surface area (Å²) in [6.07, 6.45) is 4.77. The van der Waals surface area contributed by atoms with Crippen molar-refractivity contribution in [2.45, 2.75) is 49.4 Å². The van der Waals surface area contributed by atoms with Gasteiger partial charge in [-0.1, -0.05) is 6.42 Å². The van der Waals surface area contributed by atoms with E-state index < -0.39 is 13.4 Å². The topological polar surface area (TPSA) is 0 Å². The first-order valence-electron chi connectivity index (χ1n) is 5.42. The average molecular weight is 322 g/mol. The molecule has 0 radical (unpaired) electrons. The molecule has 2 saturated carbocycles. The van der Waals surface area contributed by atoms with Crippen molar-refractivity contribution in [1.29, 1.82) is 0 Å². The maximum Gasteiger partial charge on any atom is 0.254 e. The molecular weight excluding hydrogens is 306 g/mol. The highest BCUT2D eigenvalue weighted by Gasteiger charge is 2.65. The van der Waals surface area contributed by atoms with Crippen molar-refractivity contribution in [3.8, 4) is 0 Å². The quantitative estimate of drug-likeness (QED) is 0.472. The molecule has 0 saturated heterocycles. The van der Waals surface area contributed by atoms with Crippen molar-refractivity contribution in [3.63, 3.8) is 0 Å². The van der Waals surface area contributed by atoms with E-state index in [2.05, 4.69) is 0 Å². The molecule has 0 aromatic rings. The lowest BCUT2D eigenvalue weighted by molar-refractivity contribution is 0.481. The Bertz CT molecular complexity index is 270. The summed E-state index contributed by atoms with van der Waals surface area (Å²) in [5, 5.41) is 0.116. The fraction of sp³-hybridized carbons (Fsp3) is 1.00. The molecular formula is C9H16Cl4Si2. The summed E-state index contributed by atoms with van der Waals surface area (Å²) in [4.78, 5) is 0. The second-order valence-corrected chi connectivity index (χ2v) is 21.2. The van der Waals surface area contributed by atoms with Gasteiger partial charge in [-0.2, -0.15) is 0 Å². The zero-order chi connectivity index (χ0) is 11.5. The van der Waals surface area contributed by atoms with Crippen molar-refractivity contribution in [2.24, 2.45) is 5.92 Å².